The summed E-state index contributed by atoms with van der Waals surface area (Å²) in [5.74, 6) is -2.64. The van der Waals surface area contributed by atoms with Gasteiger partial charge in [0.2, 0.25) is 12.5 Å². The lowest BCUT2D eigenvalue weighted by atomic mass is 10.2. The van der Waals surface area contributed by atoms with Crippen molar-refractivity contribution in [2.75, 3.05) is 6.79 Å². The zero-order valence-corrected chi connectivity index (χ0v) is 17.2. The Hall–Kier alpha value is -4.38. The highest BCUT2D eigenvalue weighted by Gasteiger charge is 2.26. The van der Waals surface area contributed by atoms with Crippen molar-refractivity contribution in [3.05, 3.63) is 71.2 Å². The first-order valence-corrected chi connectivity index (χ1v) is 9.85. The summed E-state index contributed by atoms with van der Waals surface area (Å²) < 4.78 is 15.7. The summed E-state index contributed by atoms with van der Waals surface area (Å²) in [6.45, 7) is 0.163. The van der Waals surface area contributed by atoms with E-state index < -0.39 is 35.2 Å². The second kappa shape index (κ2) is 9.40. The molecule has 0 radical (unpaired) electrons. The molecule has 1 atom stereocenters. The van der Waals surface area contributed by atoms with Crippen LogP contribution in [0.2, 0.25) is 0 Å². The van der Waals surface area contributed by atoms with Gasteiger partial charge < -0.3 is 35.5 Å². The topological polar surface area (TPSA) is 166 Å². The van der Waals surface area contributed by atoms with Crippen molar-refractivity contribution in [3.8, 4) is 23.1 Å². The number of aromatic nitrogens is 2. The van der Waals surface area contributed by atoms with Crippen molar-refractivity contribution < 1.29 is 34.0 Å². The van der Waals surface area contributed by atoms with E-state index in [0.29, 0.717) is 17.1 Å². The first kappa shape index (κ1) is 21.8. The van der Waals surface area contributed by atoms with Crippen LogP contribution in [-0.4, -0.2) is 38.9 Å². The van der Waals surface area contributed by atoms with E-state index in [4.69, 9.17) is 19.9 Å². The van der Waals surface area contributed by atoms with Crippen molar-refractivity contribution in [1.82, 2.24) is 15.3 Å². The predicted octanol–water partition coefficient (Wildman–Crippen LogP) is 1.29. The summed E-state index contributed by atoms with van der Waals surface area (Å²) in [6, 6.07) is 12.6. The molecular formula is C22H20N4O7. The molecule has 1 aromatic heterocycles. The molecule has 1 aliphatic rings. The number of benzene rings is 2. The number of fused-ring (bicyclic) bond motifs is 1. The molecule has 0 aliphatic carbocycles. The summed E-state index contributed by atoms with van der Waals surface area (Å²) in [5, 5.41) is 22.6. The molecule has 1 unspecified atom stereocenters. The highest BCUT2D eigenvalue weighted by atomic mass is 16.7. The van der Waals surface area contributed by atoms with Gasteiger partial charge in [0.05, 0.1) is 0 Å². The number of nitrogens with two attached hydrogens (primary N) is 1. The maximum absolute atomic E-state index is 12.6. The summed E-state index contributed by atoms with van der Waals surface area (Å²) >= 11 is 0. The van der Waals surface area contributed by atoms with Gasteiger partial charge in [0.15, 0.2) is 29.1 Å². The number of hydrogen-bond acceptors (Lipinski definition) is 10. The number of ether oxygens (including phenoxy) is 3. The molecule has 11 nitrogen and oxygen atoms in total. The maximum Gasteiger partial charge on any atom is 0.331 e. The number of nitrogens with zero attached hydrogens (tertiary/aromatic N) is 2. The Labute approximate surface area is 187 Å². The lowest BCUT2D eigenvalue weighted by Crippen LogP contribution is -2.28. The van der Waals surface area contributed by atoms with E-state index in [1.54, 1.807) is 42.5 Å². The number of carbonyl (C=O) groups is 2. The van der Waals surface area contributed by atoms with Crippen LogP contribution in [0, 0.1) is 0 Å². The van der Waals surface area contributed by atoms with E-state index in [1.165, 1.54) is 0 Å². The van der Waals surface area contributed by atoms with Crippen LogP contribution < -0.4 is 20.5 Å². The number of esters is 1. The molecule has 5 N–H and O–H groups in total. The van der Waals surface area contributed by atoms with Crippen molar-refractivity contribution in [2.24, 2.45) is 5.73 Å². The molecule has 0 bridgehead atoms. The maximum atomic E-state index is 12.6. The van der Waals surface area contributed by atoms with E-state index in [2.05, 4.69) is 15.3 Å². The van der Waals surface area contributed by atoms with Crippen molar-refractivity contribution in [2.45, 2.75) is 19.2 Å². The molecule has 4 rings (SSSR count). The van der Waals surface area contributed by atoms with Gasteiger partial charge in [-0.3, -0.25) is 4.79 Å². The van der Waals surface area contributed by atoms with E-state index in [1.807, 2.05) is 6.07 Å². The van der Waals surface area contributed by atoms with Crippen molar-refractivity contribution in [3.63, 3.8) is 0 Å². The summed E-state index contributed by atoms with van der Waals surface area (Å²) in [5.41, 5.74) is 6.77. The standard InChI is InChI=1S/C22H20N4O7/c23-16(22(30)31-10-12-4-2-1-3-5-12)19-25-17(18(27)21(29)26-19)20(28)24-9-13-6-7-14-15(8-13)33-11-32-14/h1-8,16,27H,9-11,23H2,(H,24,28)(H,25,26,29). The van der Waals surface area contributed by atoms with E-state index in [0.717, 1.165) is 5.56 Å². The average Bonchev–Trinajstić information content (AvgIpc) is 3.30. The van der Waals surface area contributed by atoms with Crippen LogP contribution in [0.3, 0.4) is 0 Å². The van der Waals surface area contributed by atoms with Gasteiger partial charge in [-0.05, 0) is 23.3 Å². The van der Waals surface area contributed by atoms with E-state index in [9.17, 15) is 19.8 Å². The quantitative estimate of drug-likeness (QED) is 0.384. The SMILES string of the molecule is NC(C(=O)OCc1ccccc1)c1nc(O)c(O)c(C(=O)NCc2ccc3c(c2)OCO3)n1. The van der Waals surface area contributed by atoms with Crippen molar-refractivity contribution >= 4 is 11.9 Å². The van der Waals surface area contributed by atoms with Gasteiger partial charge in [0.25, 0.3) is 11.8 Å². The number of hydrogen-bond donors (Lipinski definition) is 4. The lowest BCUT2D eigenvalue weighted by molar-refractivity contribution is -0.146. The van der Waals surface area contributed by atoms with Gasteiger partial charge in [-0.15, -0.1) is 0 Å². The molecule has 11 heteroatoms. The third-order valence-corrected chi connectivity index (χ3v) is 4.74. The number of carbonyl (C=O) groups excluding carboxylic acids is 2. The first-order valence-electron chi connectivity index (χ1n) is 9.85. The molecule has 0 fully saturated rings. The molecule has 1 amide bonds. The Kier molecular flexibility index (Phi) is 6.22. The molecule has 3 aromatic rings. The molecule has 170 valence electrons. The average molecular weight is 452 g/mol. The largest absolute Gasteiger partial charge is 0.501 e. The van der Waals surface area contributed by atoms with Crippen LogP contribution in [0.4, 0.5) is 0 Å². The normalized spacial score (nSPS) is 12.8. The Balaban J connectivity index is 1.44. The zero-order chi connectivity index (χ0) is 23.4. The van der Waals surface area contributed by atoms with Crippen LogP contribution in [0.1, 0.15) is 33.5 Å². The minimum Gasteiger partial charge on any atom is -0.501 e. The van der Waals surface area contributed by atoms with Crippen molar-refractivity contribution in [1.29, 1.82) is 0 Å². The third kappa shape index (κ3) is 4.93. The Morgan fingerprint density at radius 2 is 1.82 bits per heavy atom. The fourth-order valence-corrected chi connectivity index (χ4v) is 3.00. The first-order chi connectivity index (χ1) is 15.9. The number of amides is 1. The molecule has 1 aliphatic heterocycles. The molecule has 0 saturated heterocycles. The van der Waals surface area contributed by atoms with Gasteiger partial charge in [-0.2, -0.15) is 4.98 Å². The van der Waals surface area contributed by atoms with Gasteiger partial charge in [-0.25, -0.2) is 9.78 Å². The second-order valence-corrected chi connectivity index (χ2v) is 7.04. The van der Waals surface area contributed by atoms with Gasteiger partial charge in [-0.1, -0.05) is 36.4 Å². The highest BCUT2D eigenvalue weighted by Crippen LogP contribution is 2.32. The van der Waals surface area contributed by atoms with Crippen LogP contribution in [0.5, 0.6) is 23.1 Å². The third-order valence-electron chi connectivity index (χ3n) is 4.74. The number of rotatable bonds is 7. The molecular weight excluding hydrogens is 432 g/mol. The van der Waals surface area contributed by atoms with Crippen LogP contribution >= 0.6 is 0 Å². The Morgan fingerprint density at radius 3 is 2.61 bits per heavy atom. The molecule has 2 aromatic carbocycles. The van der Waals surface area contributed by atoms with E-state index in [-0.39, 0.29) is 25.8 Å². The number of aromatic hydroxyl groups is 2. The van der Waals surface area contributed by atoms with Crippen LogP contribution in [-0.2, 0) is 22.7 Å². The summed E-state index contributed by atoms with van der Waals surface area (Å²) in [4.78, 5) is 32.4. The minimum absolute atomic E-state index is 0.0275. The van der Waals surface area contributed by atoms with Crippen LogP contribution in [0.15, 0.2) is 48.5 Å². The monoisotopic (exact) mass is 452 g/mol. The van der Waals surface area contributed by atoms with Crippen LogP contribution in [0.25, 0.3) is 0 Å². The fourth-order valence-electron chi connectivity index (χ4n) is 3.00. The van der Waals surface area contributed by atoms with Gasteiger partial charge >= 0.3 is 5.97 Å². The Morgan fingerprint density at radius 1 is 1.06 bits per heavy atom. The predicted molar refractivity (Wildman–Crippen MR) is 112 cm³/mol. The smallest absolute Gasteiger partial charge is 0.331 e. The second-order valence-electron chi connectivity index (χ2n) is 7.04. The van der Waals surface area contributed by atoms with Gasteiger partial charge in [0.1, 0.15) is 6.61 Å². The highest BCUT2D eigenvalue weighted by molar-refractivity contribution is 5.95. The summed E-state index contributed by atoms with van der Waals surface area (Å²) in [6.07, 6.45) is 0. The van der Waals surface area contributed by atoms with E-state index >= 15 is 0 Å². The number of nitrogens with one attached hydrogen (secondary N) is 1. The zero-order valence-electron chi connectivity index (χ0n) is 17.2. The minimum atomic E-state index is -1.49. The van der Waals surface area contributed by atoms with Gasteiger partial charge in [0, 0.05) is 6.54 Å². The fraction of sp³-hybridized carbons (Fsp3) is 0.182. The molecule has 2 heterocycles. The molecule has 0 spiro atoms. The Bertz CT molecular complexity index is 1190. The molecule has 33 heavy (non-hydrogen) atoms. The lowest BCUT2D eigenvalue weighted by Gasteiger charge is -2.13. The molecule has 0 saturated carbocycles. The summed E-state index contributed by atoms with van der Waals surface area (Å²) in [7, 11) is 0.